The Bertz CT molecular complexity index is 578. The van der Waals surface area contributed by atoms with E-state index >= 15 is 0 Å². The van der Waals surface area contributed by atoms with Crippen molar-refractivity contribution in [2.24, 2.45) is 10.7 Å². The molecular weight excluding hydrogens is 290 g/mol. The zero-order valence-electron chi connectivity index (χ0n) is 11.9. The second-order valence-corrected chi connectivity index (χ2v) is 6.70. The van der Waals surface area contributed by atoms with E-state index in [2.05, 4.69) is 4.99 Å². The number of carbonyl (C=O) groups is 1. The highest BCUT2D eigenvalue weighted by molar-refractivity contribution is 8.16. The molecule has 0 radical (unpaired) electrons. The molecule has 2 aliphatic heterocycles. The van der Waals surface area contributed by atoms with E-state index in [1.807, 2.05) is 43.3 Å². The molecule has 0 aromatic heterocycles. The highest BCUT2D eigenvalue weighted by Crippen LogP contribution is 2.39. The first-order valence-electron chi connectivity index (χ1n) is 6.58. The first-order valence-corrected chi connectivity index (χ1v) is 7.40. The molecule has 7 heteroatoms. The van der Waals surface area contributed by atoms with Crippen LogP contribution in [-0.4, -0.2) is 43.1 Å². The van der Waals surface area contributed by atoms with E-state index in [1.165, 1.54) is 11.8 Å². The molecule has 21 heavy (non-hydrogen) atoms. The largest absolute Gasteiger partial charge is 0.378 e. The molecule has 2 heterocycles. The summed E-state index contributed by atoms with van der Waals surface area (Å²) >= 11 is 1.22. The summed E-state index contributed by atoms with van der Waals surface area (Å²) in [5, 5.41) is 0.279. The van der Waals surface area contributed by atoms with Crippen molar-refractivity contribution in [1.29, 1.82) is 0 Å². The van der Waals surface area contributed by atoms with Crippen LogP contribution in [0, 0.1) is 0 Å². The van der Waals surface area contributed by atoms with Crippen molar-refractivity contribution in [1.82, 2.24) is 0 Å². The monoisotopic (exact) mass is 307 g/mol. The van der Waals surface area contributed by atoms with Crippen molar-refractivity contribution in [2.75, 3.05) is 32.2 Å². The second kappa shape index (κ2) is 5.32. The van der Waals surface area contributed by atoms with Crippen LogP contribution in [0.15, 0.2) is 29.3 Å². The summed E-state index contributed by atoms with van der Waals surface area (Å²) in [4.78, 5) is 17.6. The number of hydrogen-bond acceptors (Lipinski definition) is 6. The Morgan fingerprint density at radius 1 is 1.29 bits per heavy atom. The van der Waals surface area contributed by atoms with Crippen LogP contribution in [0.3, 0.4) is 0 Å². The van der Waals surface area contributed by atoms with Gasteiger partial charge in [0.05, 0.1) is 13.2 Å². The number of anilines is 1. The number of hydrogen-bond donors (Lipinski definition) is 1. The minimum atomic E-state index is -0.801. The molecule has 0 saturated carbocycles. The third-order valence-corrected chi connectivity index (χ3v) is 4.62. The molecule has 6 nitrogen and oxygen atoms in total. The maximum Gasteiger partial charge on any atom is 0.269 e. The van der Waals surface area contributed by atoms with Crippen molar-refractivity contribution in [3.8, 4) is 0 Å². The van der Waals surface area contributed by atoms with Gasteiger partial charge in [0.15, 0.2) is 16.2 Å². The van der Waals surface area contributed by atoms with Crippen LogP contribution in [0.1, 0.15) is 11.9 Å². The second-order valence-electron chi connectivity index (χ2n) is 5.29. The fraction of sp³-hybridized carbons (Fsp3) is 0.429. The summed E-state index contributed by atoms with van der Waals surface area (Å²) in [6.45, 7) is 0.502. The lowest BCUT2D eigenvalue weighted by atomic mass is 10.1. The number of nitrogens with two attached hydrogens (primary N) is 1. The molecule has 1 spiro atoms. The molecule has 2 N–H and O–H groups in total. The van der Waals surface area contributed by atoms with Gasteiger partial charge in [-0.1, -0.05) is 23.9 Å². The lowest BCUT2D eigenvalue weighted by Crippen LogP contribution is -2.46. The van der Waals surface area contributed by atoms with E-state index in [9.17, 15) is 4.79 Å². The van der Waals surface area contributed by atoms with Gasteiger partial charge in [-0.15, -0.1) is 0 Å². The molecule has 3 rings (SSSR count). The number of thioether (sulfide) groups is 1. The minimum absolute atomic E-state index is 0.251. The van der Waals surface area contributed by atoms with Crippen LogP contribution in [0.25, 0.3) is 0 Å². The standard InChI is InChI=1S/C14H17N3O3S/c1-17(2)10-5-3-9(4-6-10)11-19-7-14(8-20-11)12(18)16-13(15)21-14/h3-6,11H,7-8H2,1-2H3,(H2,15,16,18). The molecule has 1 aromatic carbocycles. The quantitative estimate of drug-likeness (QED) is 0.882. The van der Waals surface area contributed by atoms with Crippen LogP contribution in [0.2, 0.25) is 0 Å². The number of carbonyl (C=O) groups excluding carboxylic acids is 1. The van der Waals surface area contributed by atoms with Crippen molar-refractivity contribution < 1.29 is 14.3 Å². The Hall–Kier alpha value is -1.57. The van der Waals surface area contributed by atoms with Gasteiger partial charge in [0, 0.05) is 25.3 Å². The molecule has 0 unspecified atom stereocenters. The summed E-state index contributed by atoms with van der Waals surface area (Å²) in [5.74, 6) is -0.272. The number of amides is 1. The maximum absolute atomic E-state index is 11.9. The predicted molar refractivity (Wildman–Crippen MR) is 82.4 cm³/mol. The lowest BCUT2D eigenvalue weighted by molar-refractivity contribution is -0.196. The first kappa shape index (κ1) is 14.4. The van der Waals surface area contributed by atoms with E-state index in [4.69, 9.17) is 15.2 Å². The summed E-state index contributed by atoms with van der Waals surface area (Å²) in [6.07, 6.45) is -0.456. The van der Waals surface area contributed by atoms with Crippen molar-refractivity contribution in [3.63, 3.8) is 0 Å². The maximum atomic E-state index is 11.9. The SMILES string of the molecule is CN(C)c1ccc(C2OCC3(CO2)SC(N)=NC3=O)cc1. The highest BCUT2D eigenvalue weighted by Gasteiger charge is 2.49. The van der Waals surface area contributed by atoms with Crippen molar-refractivity contribution in [2.45, 2.75) is 11.0 Å². The Morgan fingerprint density at radius 3 is 2.38 bits per heavy atom. The van der Waals surface area contributed by atoms with Gasteiger partial charge < -0.3 is 20.1 Å². The number of aliphatic imine (C=N–C) groups is 1. The summed E-state index contributed by atoms with van der Waals surface area (Å²) in [7, 11) is 3.97. The molecule has 1 amide bonds. The van der Waals surface area contributed by atoms with E-state index in [1.54, 1.807) is 0 Å². The van der Waals surface area contributed by atoms with Gasteiger partial charge in [0.1, 0.15) is 0 Å². The lowest BCUT2D eigenvalue weighted by Gasteiger charge is -2.34. The van der Waals surface area contributed by atoms with E-state index in [-0.39, 0.29) is 24.3 Å². The zero-order chi connectivity index (χ0) is 15.0. The number of benzene rings is 1. The fourth-order valence-electron chi connectivity index (χ4n) is 2.28. The Labute approximate surface area is 127 Å². The summed E-state index contributed by atoms with van der Waals surface area (Å²) in [5.41, 5.74) is 7.63. The summed E-state index contributed by atoms with van der Waals surface area (Å²) in [6, 6.07) is 7.94. The van der Waals surface area contributed by atoms with Gasteiger partial charge >= 0.3 is 0 Å². The van der Waals surface area contributed by atoms with Crippen LogP contribution in [-0.2, 0) is 14.3 Å². The van der Waals surface area contributed by atoms with Gasteiger partial charge in [-0.2, -0.15) is 4.99 Å². The Morgan fingerprint density at radius 2 is 1.90 bits per heavy atom. The third kappa shape index (κ3) is 2.64. The van der Waals surface area contributed by atoms with Crippen LogP contribution >= 0.6 is 11.8 Å². The number of amidine groups is 1. The third-order valence-electron chi connectivity index (χ3n) is 3.52. The average Bonchev–Trinajstić information content (AvgIpc) is 2.74. The van der Waals surface area contributed by atoms with E-state index in [0.29, 0.717) is 0 Å². The predicted octanol–water partition coefficient (Wildman–Crippen LogP) is 1.12. The molecule has 0 bridgehead atoms. The molecule has 1 saturated heterocycles. The van der Waals surface area contributed by atoms with Crippen LogP contribution in [0.4, 0.5) is 5.69 Å². The van der Waals surface area contributed by atoms with Gasteiger partial charge in [-0.25, -0.2) is 0 Å². The first-order chi connectivity index (χ1) is 10.00. The number of rotatable bonds is 2. The zero-order valence-corrected chi connectivity index (χ0v) is 12.7. The number of ether oxygens (including phenoxy) is 2. The molecular formula is C14H17N3O3S. The minimum Gasteiger partial charge on any atom is -0.378 e. The highest BCUT2D eigenvalue weighted by atomic mass is 32.2. The molecule has 112 valence electrons. The summed E-state index contributed by atoms with van der Waals surface area (Å²) < 4.78 is 10.6. The van der Waals surface area contributed by atoms with Crippen LogP contribution in [0.5, 0.6) is 0 Å². The van der Waals surface area contributed by atoms with Gasteiger partial charge in [0.2, 0.25) is 0 Å². The smallest absolute Gasteiger partial charge is 0.269 e. The molecule has 2 aliphatic rings. The molecule has 0 atom stereocenters. The topological polar surface area (TPSA) is 77.2 Å². The van der Waals surface area contributed by atoms with Gasteiger partial charge in [-0.3, -0.25) is 4.79 Å². The number of nitrogens with zero attached hydrogens (tertiary/aromatic N) is 2. The molecule has 0 aliphatic carbocycles. The van der Waals surface area contributed by atoms with Crippen LogP contribution < -0.4 is 10.6 Å². The van der Waals surface area contributed by atoms with Gasteiger partial charge in [-0.05, 0) is 12.1 Å². The van der Waals surface area contributed by atoms with Gasteiger partial charge in [0.25, 0.3) is 5.91 Å². The van der Waals surface area contributed by atoms with E-state index in [0.717, 1.165) is 11.3 Å². The fourth-order valence-corrected chi connectivity index (χ4v) is 3.20. The van der Waals surface area contributed by atoms with Crippen molar-refractivity contribution in [3.05, 3.63) is 29.8 Å². The van der Waals surface area contributed by atoms with Crippen molar-refractivity contribution >= 4 is 28.5 Å². The Kier molecular flexibility index (Phi) is 3.64. The molecule has 1 aromatic rings. The normalized spacial score (nSPS) is 28.8. The average molecular weight is 307 g/mol. The van der Waals surface area contributed by atoms with E-state index < -0.39 is 11.0 Å². The Balaban J connectivity index is 1.67. The molecule has 1 fully saturated rings.